The fourth-order valence-corrected chi connectivity index (χ4v) is 2.68. The van der Waals surface area contributed by atoms with Crippen LogP contribution in [0.5, 0.6) is 0 Å². The average Bonchev–Trinajstić information content (AvgIpc) is 2.69. The standard InChI is InChI=1S/C13H18N4/c1-10-5-3-6-11-15-12(16-17(10)11)13(9-14-2)7-4-8-13/h3,5-6,14H,4,7-9H2,1-2H3. The van der Waals surface area contributed by atoms with E-state index in [0.717, 1.165) is 23.7 Å². The molecule has 2 aromatic rings. The molecule has 0 bridgehead atoms. The Kier molecular flexibility index (Phi) is 2.40. The van der Waals surface area contributed by atoms with Crippen molar-refractivity contribution < 1.29 is 0 Å². The first-order chi connectivity index (χ1) is 8.25. The zero-order valence-electron chi connectivity index (χ0n) is 10.4. The summed E-state index contributed by atoms with van der Waals surface area (Å²) in [6.07, 6.45) is 3.68. The molecule has 1 saturated carbocycles. The lowest BCUT2D eigenvalue weighted by atomic mass is 9.68. The highest BCUT2D eigenvalue weighted by Gasteiger charge is 2.41. The number of hydrogen-bond acceptors (Lipinski definition) is 3. The van der Waals surface area contributed by atoms with E-state index < -0.39 is 0 Å². The number of nitrogens with one attached hydrogen (secondary N) is 1. The van der Waals surface area contributed by atoms with Crippen molar-refractivity contribution in [2.45, 2.75) is 31.6 Å². The molecule has 4 nitrogen and oxygen atoms in total. The van der Waals surface area contributed by atoms with Crippen LogP contribution in [0.15, 0.2) is 18.2 Å². The summed E-state index contributed by atoms with van der Waals surface area (Å²) in [4.78, 5) is 4.70. The minimum absolute atomic E-state index is 0.174. The van der Waals surface area contributed by atoms with Crippen LogP contribution >= 0.6 is 0 Å². The third-order valence-electron chi connectivity index (χ3n) is 3.85. The molecule has 0 radical (unpaired) electrons. The molecule has 2 aromatic heterocycles. The van der Waals surface area contributed by atoms with Gasteiger partial charge in [0, 0.05) is 17.7 Å². The van der Waals surface area contributed by atoms with E-state index in [0.29, 0.717) is 0 Å². The maximum Gasteiger partial charge on any atom is 0.159 e. The first-order valence-corrected chi connectivity index (χ1v) is 6.23. The lowest BCUT2D eigenvalue weighted by Gasteiger charge is -2.39. The van der Waals surface area contributed by atoms with Gasteiger partial charge in [-0.05, 0) is 38.9 Å². The minimum atomic E-state index is 0.174. The molecule has 4 heteroatoms. The van der Waals surface area contributed by atoms with Gasteiger partial charge in [-0.25, -0.2) is 9.50 Å². The first kappa shape index (κ1) is 10.7. The molecule has 0 aromatic carbocycles. The van der Waals surface area contributed by atoms with E-state index in [2.05, 4.69) is 18.3 Å². The largest absolute Gasteiger partial charge is 0.319 e. The van der Waals surface area contributed by atoms with E-state index in [1.807, 2.05) is 23.7 Å². The third kappa shape index (κ3) is 1.55. The molecule has 1 N–H and O–H groups in total. The van der Waals surface area contributed by atoms with Crippen LogP contribution in [-0.4, -0.2) is 28.2 Å². The molecule has 3 rings (SSSR count). The second-order valence-corrected chi connectivity index (χ2v) is 5.04. The number of pyridine rings is 1. The molecule has 0 unspecified atom stereocenters. The van der Waals surface area contributed by atoms with Gasteiger partial charge in [0.1, 0.15) is 0 Å². The maximum atomic E-state index is 4.70. The van der Waals surface area contributed by atoms with E-state index in [4.69, 9.17) is 10.1 Å². The normalized spacial score (nSPS) is 18.2. The molecule has 1 aliphatic carbocycles. The number of rotatable bonds is 3. The van der Waals surface area contributed by atoms with Crippen molar-refractivity contribution in [3.05, 3.63) is 29.7 Å². The summed E-state index contributed by atoms with van der Waals surface area (Å²) in [5, 5.41) is 7.97. The van der Waals surface area contributed by atoms with E-state index in [1.54, 1.807) is 0 Å². The highest BCUT2D eigenvalue weighted by Crippen LogP contribution is 2.41. The van der Waals surface area contributed by atoms with Crippen LogP contribution in [0.1, 0.15) is 30.8 Å². The second kappa shape index (κ2) is 3.81. The van der Waals surface area contributed by atoms with Gasteiger partial charge in [0.15, 0.2) is 11.5 Å². The van der Waals surface area contributed by atoms with Crippen molar-refractivity contribution in [2.75, 3.05) is 13.6 Å². The highest BCUT2D eigenvalue weighted by molar-refractivity contribution is 5.40. The van der Waals surface area contributed by atoms with E-state index in [1.165, 1.54) is 19.3 Å². The summed E-state index contributed by atoms with van der Waals surface area (Å²) in [6.45, 7) is 3.04. The molecule has 1 fully saturated rings. The molecule has 0 saturated heterocycles. The van der Waals surface area contributed by atoms with Crippen LogP contribution in [0.25, 0.3) is 5.65 Å². The smallest absolute Gasteiger partial charge is 0.159 e. The van der Waals surface area contributed by atoms with Crippen molar-refractivity contribution in [1.29, 1.82) is 0 Å². The number of aromatic nitrogens is 3. The minimum Gasteiger partial charge on any atom is -0.319 e. The van der Waals surface area contributed by atoms with Crippen LogP contribution in [0, 0.1) is 6.92 Å². The Morgan fingerprint density at radius 1 is 1.41 bits per heavy atom. The Bertz CT molecular complexity index is 539. The molecule has 0 amide bonds. The molecule has 2 heterocycles. The van der Waals surface area contributed by atoms with Gasteiger partial charge in [-0.1, -0.05) is 12.5 Å². The fraction of sp³-hybridized carbons (Fsp3) is 0.538. The monoisotopic (exact) mass is 230 g/mol. The predicted molar refractivity (Wildman–Crippen MR) is 67.2 cm³/mol. The molecule has 0 aliphatic heterocycles. The summed E-state index contributed by atoms with van der Waals surface area (Å²) >= 11 is 0. The van der Waals surface area contributed by atoms with Crippen molar-refractivity contribution in [3.8, 4) is 0 Å². The van der Waals surface area contributed by atoms with Crippen LogP contribution < -0.4 is 5.32 Å². The summed E-state index contributed by atoms with van der Waals surface area (Å²) in [5.41, 5.74) is 2.27. The summed E-state index contributed by atoms with van der Waals surface area (Å²) < 4.78 is 1.95. The summed E-state index contributed by atoms with van der Waals surface area (Å²) in [6, 6.07) is 6.13. The first-order valence-electron chi connectivity index (χ1n) is 6.23. The molecule has 90 valence electrons. The van der Waals surface area contributed by atoms with Crippen LogP contribution in [0.3, 0.4) is 0 Å². The molecule has 0 atom stereocenters. The summed E-state index contributed by atoms with van der Waals surface area (Å²) in [5.74, 6) is 1.01. The van der Waals surface area contributed by atoms with Crippen LogP contribution in [0.4, 0.5) is 0 Å². The van der Waals surface area contributed by atoms with Crippen LogP contribution in [0.2, 0.25) is 0 Å². The maximum absolute atomic E-state index is 4.70. The van der Waals surface area contributed by atoms with E-state index >= 15 is 0 Å². The van der Waals surface area contributed by atoms with Gasteiger partial charge in [-0.2, -0.15) is 5.10 Å². The topological polar surface area (TPSA) is 42.2 Å². The molecule has 1 aliphatic rings. The Balaban J connectivity index is 2.08. The number of nitrogens with zero attached hydrogens (tertiary/aromatic N) is 3. The quantitative estimate of drug-likeness (QED) is 0.872. The highest BCUT2D eigenvalue weighted by atomic mass is 15.3. The number of aryl methyl sites for hydroxylation is 1. The van der Waals surface area contributed by atoms with Gasteiger partial charge in [-0.3, -0.25) is 0 Å². The zero-order valence-corrected chi connectivity index (χ0v) is 10.4. The van der Waals surface area contributed by atoms with Gasteiger partial charge >= 0.3 is 0 Å². The lowest BCUT2D eigenvalue weighted by Crippen LogP contribution is -2.43. The van der Waals surface area contributed by atoms with Gasteiger partial charge in [0.25, 0.3) is 0 Å². The fourth-order valence-electron chi connectivity index (χ4n) is 2.68. The van der Waals surface area contributed by atoms with Crippen LogP contribution in [-0.2, 0) is 5.41 Å². The average molecular weight is 230 g/mol. The SMILES string of the molecule is CNCC1(c2nc3cccc(C)n3n2)CCC1. The number of likely N-dealkylation sites (N-methyl/N-ethyl adjacent to an activating group) is 1. The molecule has 0 spiro atoms. The molecule has 17 heavy (non-hydrogen) atoms. The summed E-state index contributed by atoms with van der Waals surface area (Å²) in [7, 11) is 2.00. The van der Waals surface area contributed by atoms with E-state index in [-0.39, 0.29) is 5.41 Å². The van der Waals surface area contributed by atoms with Crippen molar-refractivity contribution in [2.24, 2.45) is 0 Å². The van der Waals surface area contributed by atoms with Crippen molar-refractivity contribution in [3.63, 3.8) is 0 Å². The lowest BCUT2D eigenvalue weighted by molar-refractivity contribution is 0.225. The Morgan fingerprint density at radius 2 is 2.24 bits per heavy atom. The number of fused-ring (bicyclic) bond motifs is 1. The molecular formula is C13H18N4. The molecular weight excluding hydrogens is 212 g/mol. The second-order valence-electron chi connectivity index (χ2n) is 5.04. The Hall–Kier alpha value is -1.42. The number of hydrogen-bond donors (Lipinski definition) is 1. The zero-order chi connectivity index (χ0) is 11.9. The van der Waals surface area contributed by atoms with Gasteiger partial charge in [0.2, 0.25) is 0 Å². The predicted octanol–water partition coefficient (Wildman–Crippen LogP) is 1.68. The Labute approximate surface area is 101 Å². The van der Waals surface area contributed by atoms with Crippen molar-refractivity contribution >= 4 is 5.65 Å². The van der Waals surface area contributed by atoms with Gasteiger partial charge in [-0.15, -0.1) is 0 Å². The Morgan fingerprint density at radius 3 is 2.82 bits per heavy atom. The third-order valence-corrected chi connectivity index (χ3v) is 3.85. The van der Waals surface area contributed by atoms with Crippen molar-refractivity contribution in [1.82, 2.24) is 19.9 Å². The van der Waals surface area contributed by atoms with Gasteiger partial charge in [0.05, 0.1) is 0 Å². The van der Waals surface area contributed by atoms with E-state index in [9.17, 15) is 0 Å². The van der Waals surface area contributed by atoms with Gasteiger partial charge < -0.3 is 5.32 Å².